The van der Waals surface area contributed by atoms with Gasteiger partial charge in [0.25, 0.3) is 0 Å². The molecule has 0 unspecified atom stereocenters. The number of hydrogen-bond donors (Lipinski definition) is 1. The summed E-state index contributed by atoms with van der Waals surface area (Å²) in [4.78, 5) is 8.89. The fourth-order valence-corrected chi connectivity index (χ4v) is 1.91. The Morgan fingerprint density at radius 3 is 2.45 bits per heavy atom. The summed E-state index contributed by atoms with van der Waals surface area (Å²) < 4.78 is 0. The average molecular weight is 282 g/mol. The SMILES string of the molecule is C=CCCCN(C)C(=NC)NCCCCN(C)C(C)C. The highest BCUT2D eigenvalue weighted by molar-refractivity contribution is 5.79. The van der Waals surface area contributed by atoms with Crippen molar-refractivity contribution in [3.05, 3.63) is 12.7 Å². The van der Waals surface area contributed by atoms with Gasteiger partial charge in [0.05, 0.1) is 0 Å². The van der Waals surface area contributed by atoms with Gasteiger partial charge >= 0.3 is 0 Å². The van der Waals surface area contributed by atoms with Gasteiger partial charge in [-0.2, -0.15) is 0 Å². The van der Waals surface area contributed by atoms with Crippen LogP contribution in [0.4, 0.5) is 0 Å². The van der Waals surface area contributed by atoms with Crippen LogP contribution >= 0.6 is 0 Å². The van der Waals surface area contributed by atoms with Crippen molar-refractivity contribution in [1.29, 1.82) is 0 Å². The van der Waals surface area contributed by atoms with Crippen LogP contribution in [0.5, 0.6) is 0 Å². The van der Waals surface area contributed by atoms with Crippen molar-refractivity contribution in [2.75, 3.05) is 40.8 Å². The lowest BCUT2D eigenvalue weighted by Gasteiger charge is -2.23. The van der Waals surface area contributed by atoms with Gasteiger partial charge in [0.15, 0.2) is 5.96 Å². The first kappa shape index (κ1) is 19.0. The molecule has 0 aliphatic heterocycles. The summed E-state index contributed by atoms with van der Waals surface area (Å²) in [6.45, 7) is 11.4. The molecule has 0 aliphatic rings. The van der Waals surface area contributed by atoms with Crippen molar-refractivity contribution < 1.29 is 0 Å². The smallest absolute Gasteiger partial charge is 0.193 e. The van der Waals surface area contributed by atoms with Crippen LogP contribution in [0.25, 0.3) is 0 Å². The van der Waals surface area contributed by atoms with Gasteiger partial charge in [-0.3, -0.25) is 4.99 Å². The standard InChI is InChI=1S/C16H34N4/c1-7-8-10-14-20(6)16(17-4)18-12-9-11-13-19(5)15(2)3/h7,15H,1,8-14H2,2-6H3,(H,17,18). The van der Waals surface area contributed by atoms with Gasteiger partial charge < -0.3 is 15.1 Å². The second kappa shape index (κ2) is 11.8. The molecule has 0 radical (unpaired) electrons. The van der Waals surface area contributed by atoms with Gasteiger partial charge in [0.1, 0.15) is 0 Å². The Balaban J connectivity index is 3.77. The minimum atomic E-state index is 0.631. The van der Waals surface area contributed by atoms with Crippen LogP contribution in [0, 0.1) is 0 Å². The number of unbranched alkanes of at least 4 members (excludes halogenated alkanes) is 2. The Bertz CT molecular complexity index is 274. The van der Waals surface area contributed by atoms with Crippen LogP contribution in [0.1, 0.15) is 39.5 Å². The first-order valence-corrected chi connectivity index (χ1v) is 7.75. The van der Waals surface area contributed by atoms with Gasteiger partial charge in [-0.1, -0.05) is 6.08 Å². The molecule has 20 heavy (non-hydrogen) atoms. The summed E-state index contributed by atoms with van der Waals surface area (Å²) >= 11 is 0. The van der Waals surface area contributed by atoms with Gasteiger partial charge in [-0.05, 0) is 53.1 Å². The highest BCUT2D eigenvalue weighted by Crippen LogP contribution is 1.98. The molecule has 0 fully saturated rings. The second-order valence-corrected chi connectivity index (χ2v) is 5.61. The Morgan fingerprint density at radius 1 is 1.20 bits per heavy atom. The third kappa shape index (κ3) is 8.97. The van der Waals surface area contributed by atoms with E-state index in [2.05, 4.69) is 54.6 Å². The monoisotopic (exact) mass is 282 g/mol. The van der Waals surface area contributed by atoms with Crippen molar-refractivity contribution in [3.8, 4) is 0 Å². The summed E-state index contributed by atoms with van der Waals surface area (Å²) in [5.74, 6) is 0.992. The Morgan fingerprint density at radius 2 is 1.90 bits per heavy atom. The molecule has 0 aliphatic carbocycles. The number of nitrogens with zero attached hydrogens (tertiary/aromatic N) is 3. The number of hydrogen-bond acceptors (Lipinski definition) is 2. The van der Waals surface area contributed by atoms with E-state index in [-0.39, 0.29) is 0 Å². The van der Waals surface area contributed by atoms with Crippen LogP contribution in [-0.2, 0) is 0 Å². The molecule has 0 heterocycles. The molecule has 4 heteroatoms. The topological polar surface area (TPSA) is 30.9 Å². The zero-order valence-electron chi connectivity index (χ0n) is 14.2. The molecule has 118 valence electrons. The van der Waals surface area contributed by atoms with E-state index in [1.165, 1.54) is 12.8 Å². The molecular weight excluding hydrogens is 248 g/mol. The zero-order chi connectivity index (χ0) is 15.4. The maximum absolute atomic E-state index is 4.32. The first-order valence-electron chi connectivity index (χ1n) is 7.75. The first-order chi connectivity index (χ1) is 9.52. The van der Waals surface area contributed by atoms with E-state index < -0.39 is 0 Å². The third-order valence-corrected chi connectivity index (χ3v) is 3.58. The maximum atomic E-state index is 4.32. The summed E-state index contributed by atoms with van der Waals surface area (Å²) in [6.07, 6.45) is 6.55. The number of nitrogens with one attached hydrogen (secondary N) is 1. The molecule has 0 saturated heterocycles. The van der Waals surface area contributed by atoms with Crippen LogP contribution in [-0.4, -0.2) is 62.6 Å². The molecule has 0 aromatic carbocycles. The predicted octanol–water partition coefficient (Wildman–Crippen LogP) is 2.58. The average Bonchev–Trinajstić information content (AvgIpc) is 2.42. The summed E-state index contributed by atoms with van der Waals surface area (Å²) in [5.41, 5.74) is 0. The molecule has 0 rings (SSSR count). The lowest BCUT2D eigenvalue weighted by molar-refractivity contribution is 0.268. The van der Waals surface area contributed by atoms with E-state index >= 15 is 0 Å². The van der Waals surface area contributed by atoms with Crippen LogP contribution < -0.4 is 5.32 Å². The minimum absolute atomic E-state index is 0.631. The summed E-state index contributed by atoms with van der Waals surface area (Å²) in [7, 11) is 6.12. The largest absolute Gasteiger partial charge is 0.356 e. The Labute approximate surface area is 125 Å². The van der Waals surface area contributed by atoms with Gasteiger partial charge in [0, 0.05) is 33.2 Å². The molecule has 0 atom stereocenters. The van der Waals surface area contributed by atoms with Gasteiger partial charge in [-0.25, -0.2) is 0 Å². The highest BCUT2D eigenvalue weighted by Gasteiger charge is 2.05. The van der Waals surface area contributed by atoms with E-state index in [9.17, 15) is 0 Å². The minimum Gasteiger partial charge on any atom is -0.356 e. The van der Waals surface area contributed by atoms with Crippen molar-refractivity contribution in [2.45, 2.75) is 45.6 Å². The van der Waals surface area contributed by atoms with Crippen molar-refractivity contribution in [2.24, 2.45) is 4.99 Å². The lowest BCUT2D eigenvalue weighted by Crippen LogP contribution is -2.40. The molecular formula is C16H34N4. The normalized spacial score (nSPS) is 12.1. The highest BCUT2D eigenvalue weighted by atomic mass is 15.3. The molecule has 0 aromatic heterocycles. The van der Waals surface area contributed by atoms with Gasteiger partial charge in [-0.15, -0.1) is 6.58 Å². The van der Waals surface area contributed by atoms with Crippen molar-refractivity contribution >= 4 is 5.96 Å². The molecule has 0 amide bonds. The van der Waals surface area contributed by atoms with E-state index in [0.717, 1.165) is 38.4 Å². The zero-order valence-corrected chi connectivity index (χ0v) is 14.2. The second-order valence-electron chi connectivity index (χ2n) is 5.61. The van der Waals surface area contributed by atoms with E-state index in [1.54, 1.807) is 0 Å². The quantitative estimate of drug-likeness (QED) is 0.289. The lowest BCUT2D eigenvalue weighted by atomic mass is 10.2. The van der Waals surface area contributed by atoms with E-state index in [4.69, 9.17) is 0 Å². The molecule has 1 N–H and O–H groups in total. The fraction of sp³-hybridized carbons (Fsp3) is 0.812. The van der Waals surface area contributed by atoms with Gasteiger partial charge in [0.2, 0.25) is 0 Å². The van der Waals surface area contributed by atoms with Crippen molar-refractivity contribution in [1.82, 2.24) is 15.1 Å². The molecule has 0 spiro atoms. The third-order valence-electron chi connectivity index (χ3n) is 3.58. The molecule has 0 saturated carbocycles. The van der Waals surface area contributed by atoms with Crippen LogP contribution in [0.2, 0.25) is 0 Å². The van der Waals surface area contributed by atoms with Crippen LogP contribution in [0.15, 0.2) is 17.6 Å². The summed E-state index contributed by atoms with van der Waals surface area (Å²) in [6, 6.07) is 0.631. The van der Waals surface area contributed by atoms with E-state index in [0.29, 0.717) is 6.04 Å². The molecule has 0 aromatic rings. The van der Waals surface area contributed by atoms with Crippen LogP contribution in [0.3, 0.4) is 0 Å². The molecule has 0 bridgehead atoms. The summed E-state index contributed by atoms with van der Waals surface area (Å²) in [5, 5.41) is 3.43. The van der Waals surface area contributed by atoms with Crippen molar-refractivity contribution in [3.63, 3.8) is 0 Å². The maximum Gasteiger partial charge on any atom is 0.193 e. The number of guanidine groups is 1. The molecule has 4 nitrogen and oxygen atoms in total. The number of rotatable bonds is 10. The van der Waals surface area contributed by atoms with E-state index in [1.807, 2.05) is 13.1 Å². The Kier molecular flexibility index (Phi) is 11.2. The number of aliphatic imine (C=N–C) groups is 1. The Hall–Kier alpha value is -1.03. The predicted molar refractivity (Wildman–Crippen MR) is 90.4 cm³/mol. The number of allylic oxidation sites excluding steroid dienone is 1. The fourth-order valence-electron chi connectivity index (χ4n) is 1.91.